The first-order chi connectivity index (χ1) is 10.5. The average Bonchev–Trinajstić information content (AvgIpc) is 2.51. The number of aromatic hydroxyl groups is 2. The Morgan fingerprint density at radius 3 is 2.14 bits per heavy atom. The second-order valence-corrected chi connectivity index (χ2v) is 5.11. The summed E-state index contributed by atoms with van der Waals surface area (Å²) in [5.74, 6) is -1.25. The topological polar surface area (TPSA) is 87.0 Å². The number of hydrogen-bond donors (Lipinski definition) is 3. The lowest BCUT2D eigenvalue weighted by Gasteiger charge is -2.13. The van der Waals surface area contributed by atoms with Crippen LogP contribution in [0.1, 0.15) is 11.1 Å². The zero-order valence-corrected chi connectivity index (χ0v) is 12.2. The SMILES string of the molecule is COc1ccc(CC(Cc2ccc(O)c(O)c2)C(=O)O)cc1. The first-order valence-corrected chi connectivity index (χ1v) is 6.86. The highest BCUT2D eigenvalue weighted by molar-refractivity contribution is 5.71. The number of ether oxygens (including phenoxy) is 1. The van der Waals surface area contributed by atoms with Gasteiger partial charge in [-0.15, -0.1) is 0 Å². The van der Waals surface area contributed by atoms with Gasteiger partial charge in [-0.1, -0.05) is 18.2 Å². The molecule has 0 bridgehead atoms. The lowest BCUT2D eigenvalue weighted by atomic mass is 9.92. The van der Waals surface area contributed by atoms with E-state index in [4.69, 9.17) is 4.74 Å². The minimum atomic E-state index is -0.900. The maximum absolute atomic E-state index is 11.4. The van der Waals surface area contributed by atoms with Crippen LogP contribution in [0.15, 0.2) is 42.5 Å². The van der Waals surface area contributed by atoms with Crippen LogP contribution in [-0.4, -0.2) is 28.4 Å². The first-order valence-electron chi connectivity index (χ1n) is 6.86. The largest absolute Gasteiger partial charge is 0.504 e. The molecule has 0 fully saturated rings. The van der Waals surface area contributed by atoms with Crippen molar-refractivity contribution in [1.29, 1.82) is 0 Å². The fraction of sp³-hybridized carbons (Fsp3) is 0.235. The van der Waals surface area contributed by atoms with Crippen molar-refractivity contribution in [2.24, 2.45) is 5.92 Å². The molecule has 3 N–H and O–H groups in total. The van der Waals surface area contributed by atoms with Gasteiger partial charge in [0.1, 0.15) is 5.75 Å². The molecular weight excluding hydrogens is 284 g/mol. The summed E-state index contributed by atoms with van der Waals surface area (Å²) in [5.41, 5.74) is 1.56. The quantitative estimate of drug-likeness (QED) is 0.714. The van der Waals surface area contributed by atoms with Crippen molar-refractivity contribution in [2.75, 3.05) is 7.11 Å². The Bertz CT molecular complexity index is 649. The number of carboxylic acids is 1. The molecule has 0 aliphatic carbocycles. The summed E-state index contributed by atoms with van der Waals surface area (Å²) in [4.78, 5) is 11.4. The molecule has 1 atom stereocenters. The van der Waals surface area contributed by atoms with E-state index >= 15 is 0 Å². The summed E-state index contributed by atoms with van der Waals surface area (Å²) in [7, 11) is 1.58. The average molecular weight is 302 g/mol. The van der Waals surface area contributed by atoms with E-state index in [0.717, 1.165) is 11.3 Å². The molecule has 0 aliphatic heterocycles. The molecule has 22 heavy (non-hydrogen) atoms. The molecule has 116 valence electrons. The van der Waals surface area contributed by atoms with E-state index in [1.165, 1.54) is 12.1 Å². The van der Waals surface area contributed by atoms with Crippen LogP contribution in [0.2, 0.25) is 0 Å². The number of phenols is 2. The molecule has 0 saturated heterocycles. The van der Waals surface area contributed by atoms with E-state index in [-0.39, 0.29) is 17.9 Å². The number of aliphatic carboxylic acids is 1. The zero-order valence-electron chi connectivity index (χ0n) is 12.2. The number of carboxylic acid groups (broad SMARTS) is 1. The molecule has 2 aromatic carbocycles. The van der Waals surface area contributed by atoms with Crippen LogP contribution in [-0.2, 0) is 17.6 Å². The van der Waals surface area contributed by atoms with Crippen LogP contribution in [0.3, 0.4) is 0 Å². The third-order valence-electron chi connectivity index (χ3n) is 3.51. The molecule has 0 spiro atoms. The maximum Gasteiger partial charge on any atom is 0.307 e. The molecule has 2 rings (SSSR count). The predicted octanol–water partition coefficient (Wildman–Crippen LogP) is 2.59. The fourth-order valence-electron chi connectivity index (χ4n) is 2.27. The Kier molecular flexibility index (Phi) is 4.88. The van der Waals surface area contributed by atoms with Gasteiger partial charge in [0.25, 0.3) is 0 Å². The summed E-state index contributed by atoms with van der Waals surface area (Å²) in [6, 6.07) is 11.6. The molecule has 0 heterocycles. The van der Waals surface area contributed by atoms with Crippen LogP contribution < -0.4 is 4.74 Å². The van der Waals surface area contributed by atoms with Crippen molar-refractivity contribution in [3.05, 3.63) is 53.6 Å². The van der Waals surface area contributed by atoms with Gasteiger partial charge in [0, 0.05) is 0 Å². The summed E-state index contributed by atoms with van der Waals surface area (Å²) in [6.45, 7) is 0. The molecule has 0 amide bonds. The highest BCUT2D eigenvalue weighted by Crippen LogP contribution is 2.27. The molecule has 0 saturated carbocycles. The lowest BCUT2D eigenvalue weighted by molar-refractivity contribution is -0.141. The normalized spacial score (nSPS) is 11.9. The van der Waals surface area contributed by atoms with Crippen molar-refractivity contribution in [3.63, 3.8) is 0 Å². The molecule has 0 aliphatic rings. The van der Waals surface area contributed by atoms with Gasteiger partial charge in [-0.3, -0.25) is 4.79 Å². The van der Waals surface area contributed by atoms with Crippen LogP contribution in [0, 0.1) is 5.92 Å². The van der Waals surface area contributed by atoms with Gasteiger partial charge in [-0.2, -0.15) is 0 Å². The van der Waals surface area contributed by atoms with E-state index in [9.17, 15) is 20.1 Å². The first kappa shape index (κ1) is 15.7. The highest BCUT2D eigenvalue weighted by Gasteiger charge is 2.19. The molecule has 0 radical (unpaired) electrons. The minimum absolute atomic E-state index is 0.217. The van der Waals surface area contributed by atoms with Crippen molar-refractivity contribution in [2.45, 2.75) is 12.8 Å². The van der Waals surface area contributed by atoms with Gasteiger partial charge in [0.2, 0.25) is 0 Å². The second kappa shape index (κ2) is 6.85. The van der Waals surface area contributed by atoms with Crippen molar-refractivity contribution in [3.8, 4) is 17.2 Å². The van der Waals surface area contributed by atoms with Crippen molar-refractivity contribution < 1.29 is 24.9 Å². The summed E-state index contributed by atoms with van der Waals surface area (Å²) >= 11 is 0. The highest BCUT2D eigenvalue weighted by atomic mass is 16.5. The number of rotatable bonds is 6. The smallest absolute Gasteiger partial charge is 0.307 e. The van der Waals surface area contributed by atoms with E-state index < -0.39 is 11.9 Å². The van der Waals surface area contributed by atoms with Crippen molar-refractivity contribution in [1.82, 2.24) is 0 Å². The lowest BCUT2D eigenvalue weighted by Crippen LogP contribution is -2.19. The number of hydrogen-bond acceptors (Lipinski definition) is 4. The second-order valence-electron chi connectivity index (χ2n) is 5.11. The number of methoxy groups -OCH3 is 1. The van der Waals surface area contributed by atoms with Crippen molar-refractivity contribution >= 4 is 5.97 Å². The molecule has 5 nitrogen and oxygen atoms in total. The minimum Gasteiger partial charge on any atom is -0.504 e. The van der Waals surface area contributed by atoms with Gasteiger partial charge in [-0.05, 0) is 48.2 Å². The Hall–Kier alpha value is -2.69. The van der Waals surface area contributed by atoms with Crippen LogP contribution in [0.25, 0.3) is 0 Å². The van der Waals surface area contributed by atoms with Crippen LogP contribution in [0.4, 0.5) is 0 Å². The molecule has 2 aromatic rings. The zero-order chi connectivity index (χ0) is 16.1. The van der Waals surface area contributed by atoms with E-state index in [2.05, 4.69) is 0 Å². The molecule has 0 aromatic heterocycles. The standard InChI is InChI=1S/C17H18O5/c1-22-14-5-2-11(3-6-14)8-13(17(20)21)9-12-4-7-15(18)16(19)10-12/h2-7,10,13,18-19H,8-9H2,1H3,(H,20,21). The predicted molar refractivity (Wildman–Crippen MR) is 81.3 cm³/mol. The van der Waals surface area contributed by atoms with E-state index in [1.807, 2.05) is 12.1 Å². The summed E-state index contributed by atoms with van der Waals surface area (Å²) in [5, 5.41) is 28.2. The number of benzene rings is 2. The van der Waals surface area contributed by atoms with Gasteiger partial charge in [0.15, 0.2) is 11.5 Å². The third-order valence-corrected chi connectivity index (χ3v) is 3.51. The Balaban J connectivity index is 2.12. The van der Waals surface area contributed by atoms with Crippen LogP contribution >= 0.6 is 0 Å². The van der Waals surface area contributed by atoms with Gasteiger partial charge in [-0.25, -0.2) is 0 Å². The fourth-order valence-corrected chi connectivity index (χ4v) is 2.27. The number of carbonyl (C=O) groups is 1. The van der Waals surface area contributed by atoms with Gasteiger partial charge >= 0.3 is 5.97 Å². The van der Waals surface area contributed by atoms with Gasteiger partial charge < -0.3 is 20.1 Å². The maximum atomic E-state index is 11.4. The molecular formula is C17H18O5. The molecule has 5 heteroatoms. The summed E-state index contributed by atoms with van der Waals surface area (Å²) < 4.78 is 5.07. The number of phenolic OH excluding ortho intramolecular Hbond substituents is 2. The molecule has 1 unspecified atom stereocenters. The third kappa shape index (κ3) is 3.91. The Morgan fingerprint density at radius 2 is 1.59 bits per heavy atom. The van der Waals surface area contributed by atoms with E-state index in [1.54, 1.807) is 25.3 Å². The Labute approximate surface area is 128 Å². The van der Waals surface area contributed by atoms with Gasteiger partial charge in [0.05, 0.1) is 13.0 Å². The van der Waals surface area contributed by atoms with Crippen LogP contribution in [0.5, 0.6) is 17.2 Å². The monoisotopic (exact) mass is 302 g/mol. The Morgan fingerprint density at radius 1 is 1.00 bits per heavy atom. The summed E-state index contributed by atoms with van der Waals surface area (Å²) in [6.07, 6.45) is 0.649. The van der Waals surface area contributed by atoms with E-state index in [0.29, 0.717) is 12.0 Å².